The maximum absolute atomic E-state index is 11.0. The highest BCUT2D eigenvalue weighted by Crippen LogP contribution is 2.36. The zero-order valence-electron chi connectivity index (χ0n) is 14.5. The van der Waals surface area contributed by atoms with Crippen molar-refractivity contribution >= 4 is 16.8 Å². The Hall–Kier alpha value is -2.99. The third-order valence-corrected chi connectivity index (χ3v) is 4.75. The fourth-order valence-electron chi connectivity index (χ4n) is 3.60. The van der Waals surface area contributed by atoms with Gasteiger partial charge in [-0.25, -0.2) is 0 Å². The molecule has 0 saturated heterocycles. The molecule has 6 heteroatoms. The minimum atomic E-state index is -0.521. The number of aromatic nitrogens is 1. The van der Waals surface area contributed by atoms with Crippen molar-refractivity contribution in [3.05, 3.63) is 59.3 Å². The van der Waals surface area contributed by atoms with Gasteiger partial charge in [-0.05, 0) is 35.7 Å². The molecule has 0 aliphatic carbocycles. The van der Waals surface area contributed by atoms with Crippen LogP contribution >= 0.6 is 0 Å². The van der Waals surface area contributed by atoms with Crippen LogP contribution in [-0.2, 0) is 11.2 Å². The maximum Gasteiger partial charge on any atom is 0.255 e. The molecule has 0 saturated carbocycles. The van der Waals surface area contributed by atoms with E-state index in [9.17, 15) is 4.79 Å². The number of H-pyrrole nitrogens is 1. The standard InChI is InChI=1S/C20H21N3O3/c1-25-17-10-12(6-7-16(17)26-11-18(21)24)19-20-14(8-9-22-19)13-4-2-3-5-15(13)23-20/h2-7,10,19,22-23H,8-9,11H2,1H3,(H2,21,24)/t19-/m1/s1. The van der Waals surface area contributed by atoms with Gasteiger partial charge in [0.15, 0.2) is 18.1 Å². The fraction of sp³-hybridized carbons (Fsp3) is 0.250. The van der Waals surface area contributed by atoms with Gasteiger partial charge >= 0.3 is 0 Å². The molecule has 1 aromatic heterocycles. The van der Waals surface area contributed by atoms with Gasteiger partial charge in [0.05, 0.1) is 13.2 Å². The van der Waals surface area contributed by atoms with Crippen molar-refractivity contribution in [1.82, 2.24) is 10.3 Å². The molecule has 2 heterocycles. The van der Waals surface area contributed by atoms with Crippen LogP contribution in [0.4, 0.5) is 0 Å². The lowest BCUT2D eigenvalue weighted by Crippen LogP contribution is -2.30. The van der Waals surface area contributed by atoms with Crippen molar-refractivity contribution < 1.29 is 14.3 Å². The van der Waals surface area contributed by atoms with Crippen LogP contribution in [0.2, 0.25) is 0 Å². The Balaban J connectivity index is 1.71. The molecule has 0 radical (unpaired) electrons. The van der Waals surface area contributed by atoms with E-state index in [0.717, 1.165) is 24.0 Å². The Morgan fingerprint density at radius 2 is 2.08 bits per heavy atom. The molecule has 0 fully saturated rings. The second-order valence-corrected chi connectivity index (χ2v) is 6.37. The number of hydrogen-bond donors (Lipinski definition) is 3. The minimum absolute atomic E-state index is 0.0465. The Bertz CT molecular complexity index is 964. The zero-order chi connectivity index (χ0) is 18.1. The summed E-state index contributed by atoms with van der Waals surface area (Å²) >= 11 is 0. The smallest absolute Gasteiger partial charge is 0.255 e. The number of primary amides is 1. The second kappa shape index (κ2) is 6.72. The van der Waals surface area contributed by atoms with Gasteiger partial charge in [-0.2, -0.15) is 0 Å². The average Bonchev–Trinajstić information content (AvgIpc) is 3.05. The molecule has 1 aliphatic heterocycles. The van der Waals surface area contributed by atoms with E-state index in [0.29, 0.717) is 11.5 Å². The number of methoxy groups -OCH3 is 1. The maximum atomic E-state index is 11.0. The monoisotopic (exact) mass is 351 g/mol. The molecule has 26 heavy (non-hydrogen) atoms. The molecule has 0 unspecified atom stereocenters. The molecule has 0 bridgehead atoms. The van der Waals surface area contributed by atoms with E-state index >= 15 is 0 Å². The number of para-hydroxylation sites is 1. The summed E-state index contributed by atoms with van der Waals surface area (Å²) in [5.41, 5.74) is 9.92. The molecule has 4 N–H and O–H groups in total. The summed E-state index contributed by atoms with van der Waals surface area (Å²) in [4.78, 5) is 14.5. The molecule has 4 rings (SSSR count). The molecular formula is C20H21N3O3. The summed E-state index contributed by atoms with van der Waals surface area (Å²) < 4.78 is 10.9. The van der Waals surface area contributed by atoms with Gasteiger partial charge in [0.1, 0.15) is 0 Å². The van der Waals surface area contributed by atoms with Crippen LogP contribution in [0.3, 0.4) is 0 Å². The van der Waals surface area contributed by atoms with Gasteiger partial charge in [-0.15, -0.1) is 0 Å². The van der Waals surface area contributed by atoms with E-state index in [-0.39, 0.29) is 12.6 Å². The molecule has 134 valence electrons. The lowest BCUT2D eigenvalue weighted by molar-refractivity contribution is -0.119. The number of carbonyl (C=O) groups excluding carboxylic acids is 1. The number of carbonyl (C=O) groups is 1. The van der Waals surface area contributed by atoms with Crippen LogP contribution in [0, 0.1) is 0 Å². The van der Waals surface area contributed by atoms with Crippen LogP contribution in [0.1, 0.15) is 22.9 Å². The second-order valence-electron chi connectivity index (χ2n) is 6.37. The minimum Gasteiger partial charge on any atom is -0.493 e. The molecule has 1 amide bonds. The van der Waals surface area contributed by atoms with Crippen LogP contribution < -0.4 is 20.5 Å². The van der Waals surface area contributed by atoms with Crippen LogP contribution in [0.5, 0.6) is 11.5 Å². The van der Waals surface area contributed by atoms with Gasteiger partial charge in [-0.3, -0.25) is 4.79 Å². The lowest BCUT2D eigenvalue weighted by Gasteiger charge is -2.25. The van der Waals surface area contributed by atoms with Gasteiger partial charge < -0.3 is 25.5 Å². The first-order chi connectivity index (χ1) is 12.7. The van der Waals surface area contributed by atoms with E-state index in [4.69, 9.17) is 15.2 Å². The lowest BCUT2D eigenvalue weighted by atomic mass is 9.94. The van der Waals surface area contributed by atoms with Crippen LogP contribution in [-0.4, -0.2) is 31.2 Å². The fourth-order valence-corrected chi connectivity index (χ4v) is 3.60. The van der Waals surface area contributed by atoms with Crippen molar-refractivity contribution in [2.24, 2.45) is 5.73 Å². The van der Waals surface area contributed by atoms with Gasteiger partial charge in [-0.1, -0.05) is 24.3 Å². The molecule has 3 aromatic rings. The quantitative estimate of drug-likeness (QED) is 0.658. The first-order valence-corrected chi connectivity index (χ1v) is 8.59. The first-order valence-electron chi connectivity index (χ1n) is 8.59. The highest BCUT2D eigenvalue weighted by molar-refractivity contribution is 5.85. The van der Waals surface area contributed by atoms with E-state index in [2.05, 4.69) is 28.5 Å². The number of fused-ring (bicyclic) bond motifs is 3. The predicted octanol–water partition coefficient (Wildman–Crippen LogP) is 2.28. The average molecular weight is 351 g/mol. The molecule has 1 aliphatic rings. The number of hydrogen-bond acceptors (Lipinski definition) is 4. The van der Waals surface area contributed by atoms with E-state index < -0.39 is 5.91 Å². The third-order valence-electron chi connectivity index (χ3n) is 4.75. The van der Waals surface area contributed by atoms with Crippen molar-refractivity contribution in [1.29, 1.82) is 0 Å². The highest BCUT2D eigenvalue weighted by Gasteiger charge is 2.25. The summed E-state index contributed by atoms with van der Waals surface area (Å²) in [6.07, 6.45) is 0.993. The number of nitrogens with two attached hydrogens (primary N) is 1. The normalized spacial score (nSPS) is 16.3. The molecule has 2 aromatic carbocycles. The predicted molar refractivity (Wildman–Crippen MR) is 99.5 cm³/mol. The Kier molecular flexibility index (Phi) is 4.26. The number of amides is 1. The van der Waals surface area contributed by atoms with E-state index in [1.165, 1.54) is 16.6 Å². The van der Waals surface area contributed by atoms with Gasteiger partial charge in [0, 0.05) is 23.1 Å². The van der Waals surface area contributed by atoms with Crippen LogP contribution in [0.15, 0.2) is 42.5 Å². The molecular weight excluding hydrogens is 330 g/mol. The van der Waals surface area contributed by atoms with Crippen molar-refractivity contribution in [3.8, 4) is 11.5 Å². The van der Waals surface area contributed by atoms with Gasteiger partial charge in [0.25, 0.3) is 5.91 Å². The molecule has 6 nitrogen and oxygen atoms in total. The SMILES string of the molecule is COc1cc([C@H]2NCCc3c2[nH]c2ccccc32)ccc1OCC(N)=O. The van der Waals surface area contributed by atoms with Crippen molar-refractivity contribution in [3.63, 3.8) is 0 Å². The Morgan fingerprint density at radius 1 is 1.23 bits per heavy atom. The van der Waals surface area contributed by atoms with Gasteiger partial charge in [0.2, 0.25) is 0 Å². The summed E-state index contributed by atoms with van der Waals surface area (Å²) in [7, 11) is 1.58. The molecule has 0 spiro atoms. The number of ether oxygens (including phenoxy) is 2. The first kappa shape index (κ1) is 16.5. The third kappa shape index (κ3) is 2.88. The highest BCUT2D eigenvalue weighted by atomic mass is 16.5. The van der Waals surface area contributed by atoms with Crippen LogP contribution in [0.25, 0.3) is 10.9 Å². The summed E-state index contributed by atoms with van der Waals surface area (Å²) in [5.74, 6) is 0.560. The number of aromatic amines is 1. The largest absolute Gasteiger partial charge is 0.493 e. The summed E-state index contributed by atoms with van der Waals surface area (Å²) in [6, 6.07) is 14.2. The summed E-state index contributed by atoms with van der Waals surface area (Å²) in [5, 5.41) is 4.85. The topological polar surface area (TPSA) is 89.4 Å². The van der Waals surface area contributed by atoms with Crippen molar-refractivity contribution in [2.45, 2.75) is 12.5 Å². The molecule has 1 atom stereocenters. The number of benzene rings is 2. The Labute approximate surface area is 151 Å². The van der Waals surface area contributed by atoms with E-state index in [1.54, 1.807) is 7.11 Å². The number of nitrogens with one attached hydrogen (secondary N) is 2. The van der Waals surface area contributed by atoms with Crippen molar-refractivity contribution in [2.75, 3.05) is 20.3 Å². The zero-order valence-corrected chi connectivity index (χ0v) is 14.5. The number of rotatable bonds is 5. The van der Waals surface area contributed by atoms with E-state index in [1.807, 2.05) is 24.3 Å². The summed E-state index contributed by atoms with van der Waals surface area (Å²) in [6.45, 7) is 0.727. The Morgan fingerprint density at radius 3 is 2.88 bits per heavy atom.